The van der Waals surface area contributed by atoms with Crippen LogP contribution < -0.4 is 5.73 Å². The highest BCUT2D eigenvalue weighted by molar-refractivity contribution is 5.80. The van der Waals surface area contributed by atoms with E-state index in [1.54, 1.807) is 18.5 Å². The minimum Gasteiger partial charge on any atom is -0.399 e. The minimum absolute atomic E-state index is 0.310. The summed E-state index contributed by atoms with van der Waals surface area (Å²) in [4.78, 5) is 4.37. The Morgan fingerprint density at radius 2 is 1.78 bits per heavy atom. The fourth-order valence-electron chi connectivity index (χ4n) is 2.53. The first-order chi connectivity index (χ1) is 11.2. The third kappa shape index (κ3) is 2.42. The third-order valence-corrected chi connectivity index (χ3v) is 3.68. The molecule has 4 aromatic rings. The highest BCUT2D eigenvalue weighted by Crippen LogP contribution is 2.24. The van der Waals surface area contributed by atoms with E-state index in [4.69, 9.17) is 5.73 Å². The quantitative estimate of drug-likeness (QED) is 0.573. The van der Waals surface area contributed by atoms with Gasteiger partial charge in [-0.3, -0.25) is 0 Å². The Morgan fingerprint density at radius 3 is 2.61 bits per heavy atom. The molecule has 0 fully saturated rings. The molecular formula is C18H13FN4. The van der Waals surface area contributed by atoms with Crippen molar-refractivity contribution < 1.29 is 4.39 Å². The molecule has 0 aliphatic carbocycles. The summed E-state index contributed by atoms with van der Waals surface area (Å²) in [6.07, 6.45) is 3.53. The second-order valence-electron chi connectivity index (χ2n) is 5.29. The maximum Gasteiger partial charge on any atom is 0.181 e. The summed E-state index contributed by atoms with van der Waals surface area (Å²) in [5.41, 5.74) is 9.16. The smallest absolute Gasteiger partial charge is 0.181 e. The van der Waals surface area contributed by atoms with Crippen molar-refractivity contribution in [3.8, 4) is 16.8 Å². The lowest BCUT2D eigenvalue weighted by atomic mass is 10.1. The van der Waals surface area contributed by atoms with Crippen molar-refractivity contribution in [1.29, 1.82) is 0 Å². The van der Waals surface area contributed by atoms with Crippen LogP contribution in [0.3, 0.4) is 0 Å². The van der Waals surface area contributed by atoms with Gasteiger partial charge in [-0.05, 0) is 29.8 Å². The van der Waals surface area contributed by atoms with Crippen molar-refractivity contribution in [1.82, 2.24) is 14.8 Å². The number of halogens is 1. The molecule has 0 aliphatic heterocycles. The molecule has 112 valence electrons. The molecule has 2 heterocycles. The van der Waals surface area contributed by atoms with E-state index in [0.717, 1.165) is 16.5 Å². The average Bonchev–Trinajstić information content (AvgIpc) is 3.00. The van der Waals surface area contributed by atoms with Crippen LogP contribution in [-0.2, 0) is 0 Å². The van der Waals surface area contributed by atoms with E-state index in [1.165, 1.54) is 16.8 Å². The van der Waals surface area contributed by atoms with Crippen LogP contribution in [0.25, 0.3) is 27.8 Å². The summed E-state index contributed by atoms with van der Waals surface area (Å²) in [5.74, 6) is -0.379. The van der Waals surface area contributed by atoms with Gasteiger partial charge in [0.15, 0.2) is 5.65 Å². The molecule has 0 atom stereocenters. The van der Waals surface area contributed by atoms with Gasteiger partial charge in [-0.1, -0.05) is 30.3 Å². The molecule has 0 saturated heterocycles. The first-order valence-corrected chi connectivity index (χ1v) is 7.17. The molecule has 0 bridgehead atoms. The Kier molecular flexibility index (Phi) is 3.05. The molecule has 0 aliphatic rings. The van der Waals surface area contributed by atoms with Crippen LogP contribution in [0, 0.1) is 5.82 Å². The summed E-state index contributed by atoms with van der Waals surface area (Å²) in [5, 5.41) is 5.17. The number of pyridine rings is 1. The van der Waals surface area contributed by atoms with Crippen molar-refractivity contribution in [3.63, 3.8) is 0 Å². The lowest BCUT2D eigenvalue weighted by Crippen LogP contribution is -1.99. The van der Waals surface area contributed by atoms with Gasteiger partial charge in [-0.25, -0.2) is 14.1 Å². The first-order valence-electron chi connectivity index (χ1n) is 7.17. The maximum absolute atomic E-state index is 14.0. The molecule has 0 unspecified atom stereocenters. The third-order valence-electron chi connectivity index (χ3n) is 3.68. The van der Waals surface area contributed by atoms with Gasteiger partial charge in [0.05, 0.1) is 0 Å². The number of nitrogens with two attached hydrogens (primary N) is 1. The molecule has 23 heavy (non-hydrogen) atoms. The number of rotatable bonds is 2. The number of aromatic nitrogens is 3. The monoisotopic (exact) mass is 304 g/mol. The van der Waals surface area contributed by atoms with Gasteiger partial charge in [-0.15, -0.1) is 5.10 Å². The van der Waals surface area contributed by atoms with Gasteiger partial charge in [0.25, 0.3) is 0 Å². The average molecular weight is 304 g/mol. The van der Waals surface area contributed by atoms with Crippen LogP contribution >= 0.6 is 0 Å². The molecule has 4 rings (SSSR count). The fourth-order valence-corrected chi connectivity index (χ4v) is 2.53. The van der Waals surface area contributed by atoms with Crippen LogP contribution in [0.1, 0.15) is 0 Å². The Morgan fingerprint density at radius 1 is 0.957 bits per heavy atom. The fraction of sp³-hybridized carbons (Fsp3) is 0. The second kappa shape index (κ2) is 5.21. The standard InChI is InChI=1S/C18H13FN4/c19-16-7-6-15(20)9-17(16)23-11-14-8-13(10-21-18(14)22-23)12-4-2-1-3-5-12/h1-11H,20H2. The van der Waals surface area contributed by atoms with E-state index in [1.807, 2.05) is 36.4 Å². The van der Waals surface area contributed by atoms with E-state index in [-0.39, 0.29) is 5.82 Å². The largest absolute Gasteiger partial charge is 0.399 e. The van der Waals surface area contributed by atoms with Gasteiger partial charge < -0.3 is 5.73 Å². The number of benzene rings is 2. The number of fused-ring (bicyclic) bond motifs is 1. The summed E-state index contributed by atoms with van der Waals surface area (Å²) in [6.45, 7) is 0. The van der Waals surface area contributed by atoms with Gasteiger partial charge in [0.2, 0.25) is 0 Å². The van der Waals surface area contributed by atoms with Crippen LogP contribution in [0.5, 0.6) is 0 Å². The Hall–Kier alpha value is -3.21. The molecule has 2 N–H and O–H groups in total. The van der Waals surface area contributed by atoms with Crippen molar-refractivity contribution in [2.45, 2.75) is 0 Å². The van der Waals surface area contributed by atoms with Gasteiger partial charge >= 0.3 is 0 Å². The summed E-state index contributed by atoms with van der Waals surface area (Å²) < 4.78 is 15.5. The van der Waals surface area contributed by atoms with E-state index in [2.05, 4.69) is 10.1 Å². The summed E-state index contributed by atoms with van der Waals surface area (Å²) in [6, 6.07) is 16.4. The molecule has 0 radical (unpaired) electrons. The van der Waals surface area contributed by atoms with E-state index in [0.29, 0.717) is 17.0 Å². The van der Waals surface area contributed by atoms with Gasteiger partial charge in [0, 0.05) is 29.0 Å². The predicted octanol–water partition coefficient (Wildman–Crippen LogP) is 3.81. The maximum atomic E-state index is 14.0. The Balaban J connectivity index is 1.84. The van der Waals surface area contributed by atoms with Crippen molar-refractivity contribution in [2.75, 3.05) is 5.73 Å². The topological polar surface area (TPSA) is 56.7 Å². The van der Waals surface area contributed by atoms with Crippen LogP contribution in [0.2, 0.25) is 0 Å². The van der Waals surface area contributed by atoms with Gasteiger partial charge in [0.1, 0.15) is 11.5 Å². The summed E-state index contributed by atoms with van der Waals surface area (Å²) >= 11 is 0. The zero-order valence-electron chi connectivity index (χ0n) is 12.1. The normalized spacial score (nSPS) is 11.0. The van der Waals surface area contributed by atoms with Crippen LogP contribution in [-0.4, -0.2) is 14.8 Å². The van der Waals surface area contributed by atoms with E-state index < -0.39 is 0 Å². The van der Waals surface area contributed by atoms with Gasteiger partial charge in [-0.2, -0.15) is 0 Å². The SMILES string of the molecule is Nc1ccc(F)c(-n2cc3cc(-c4ccccc4)cnc3n2)c1. The highest BCUT2D eigenvalue weighted by Gasteiger charge is 2.10. The zero-order chi connectivity index (χ0) is 15.8. The van der Waals surface area contributed by atoms with E-state index >= 15 is 0 Å². The molecule has 2 aromatic heterocycles. The van der Waals surface area contributed by atoms with Crippen LogP contribution in [0.4, 0.5) is 10.1 Å². The first kappa shape index (κ1) is 13.5. The van der Waals surface area contributed by atoms with Crippen molar-refractivity contribution >= 4 is 16.7 Å². The predicted molar refractivity (Wildman–Crippen MR) is 88.7 cm³/mol. The minimum atomic E-state index is -0.379. The number of nitrogens with zero attached hydrogens (tertiary/aromatic N) is 3. The van der Waals surface area contributed by atoms with Crippen molar-refractivity contribution in [2.24, 2.45) is 0 Å². The zero-order valence-corrected chi connectivity index (χ0v) is 12.1. The molecule has 0 amide bonds. The van der Waals surface area contributed by atoms with Crippen LogP contribution in [0.15, 0.2) is 67.0 Å². The second-order valence-corrected chi connectivity index (χ2v) is 5.29. The number of hydrogen-bond acceptors (Lipinski definition) is 3. The summed E-state index contributed by atoms with van der Waals surface area (Å²) in [7, 11) is 0. The molecule has 0 saturated carbocycles. The molecular weight excluding hydrogens is 291 g/mol. The molecule has 5 heteroatoms. The number of hydrogen-bond donors (Lipinski definition) is 1. The Bertz CT molecular complexity index is 993. The lowest BCUT2D eigenvalue weighted by Gasteiger charge is -2.03. The molecule has 4 nitrogen and oxygen atoms in total. The molecule has 0 spiro atoms. The van der Waals surface area contributed by atoms with Crippen molar-refractivity contribution in [3.05, 3.63) is 72.8 Å². The Labute approximate surface area is 132 Å². The van der Waals surface area contributed by atoms with E-state index in [9.17, 15) is 4.39 Å². The number of nitrogen functional groups attached to an aromatic ring is 1. The highest BCUT2D eigenvalue weighted by atomic mass is 19.1. The lowest BCUT2D eigenvalue weighted by molar-refractivity contribution is 0.612. The molecule has 2 aromatic carbocycles. The number of anilines is 1.